The topological polar surface area (TPSA) is 35.5 Å². The van der Waals surface area contributed by atoms with E-state index in [-0.39, 0.29) is 11.5 Å². The molecular weight excluding hydrogens is 192 g/mol. The molecule has 3 nitrogen and oxygen atoms in total. The highest BCUT2D eigenvalue weighted by Gasteiger charge is 2.20. The highest BCUT2D eigenvalue weighted by atomic mass is 16.7. The molecule has 0 aliphatic carbocycles. The van der Waals surface area contributed by atoms with Crippen LogP contribution in [0.4, 0.5) is 4.79 Å². The van der Waals surface area contributed by atoms with Crippen molar-refractivity contribution < 1.29 is 14.3 Å². The van der Waals surface area contributed by atoms with Crippen molar-refractivity contribution in [3.8, 4) is 0 Å². The molecule has 0 spiro atoms. The summed E-state index contributed by atoms with van der Waals surface area (Å²) >= 11 is 0. The van der Waals surface area contributed by atoms with Crippen molar-refractivity contribution in [3.63, 3.8) is 0 Å². The molecule has 0 N–H and O–H groups in total. The Balaban J connectivity index is 3.77. The molecule has 0 rings (SSSR count). The molecule has 90 valence electrons. The van der Waals surface area contributed by atoms with Crippen LogP contribution in [-0.4, -0.2) is 18.9 Å². The predicted molar refractivity (Wildman–Crippen MR) is 60.9 cm³/mol. The highest BCUT2D eigenvalue weighted by molar-refractivity contribution is 5.60. The van der Waals surface area contributed by atoms with Crippen LogP contribution in [0.5, 0.6) is 0 Å². The van der Waals surface area contributed by atoms with Gasteiger partial charge >= 0.3 is 6.16 Å². The summed E-state index contributed by atoms with van der Waals surface area (Å²) in [5, 5.41) is 0. The van der Waals surface area contributed by atoms with Gasteiger partial charge in [-0.2, -0.15) is 0 Å². The number of hydrogen-bond acceptors (Lipinski definition) is 3. The fourth-order valence-corrected chi connectivity index (χ4v) is 1.21. The van der Waals surface area contributed by atoms with E-state index in [9.17, 15) is 4.79 Å². The normalized spacial score (nSPS) is 11.6. The minimum atomic E-state index is -0.561. The first-order chi connectivity index (χ1) is 6.87. The summed E-state index contributed by atoms with van der Waals surface area (Å²) in [5.41, 5.74) is 0.0476. The molecule has 3 heteroatoms. The maximum absolute atomic E-state index is 11.1. The first kappa shape index (κ1) is 14.3. The van der Waals surface area contributed by atoms with E-state index < -0.39 is 6.16 Å². The Labute approximate surface area is 93.1 Å². The molecule has 0 radical (unpaired) electrons. The zero-order chi connectivity index (χ0) is 11.9. The van der Waals surface area contributed by atoms with Crippen molar-refractivity contribution in [2.75, 3.05) is 6.61 Å². The second-order valence-corrected chi connectivity index (χ2v) is 4.97. The van der Waals surface area contributed by atoms with Gasteiger partial charge in [0, 0.05) is 0 Å². The van der Waals surface area contributed by atoms with Crippen LogP contribution in [0, 0.1) is 5.41 Å². The first-order valence-electron chi connectivity index (χ1n) is 5.71. The van der Waals surface area contributed by atoms with Crippen molar-refractivity contribution in [2.24, 2.45) is 5.41 Å². The fourth-order valence-electron chi connectivity index (χ4n) is 1.21. The van der Waals surface area contributed by atoms with Crippen LogP contribution < -0.4 is 0 Å². The summed E-state index contributed by atoms with van der Waals surface area (Å²) in [6.45, 7) is 10.4. The van der Waals surface area contributed by atoms with E-state index in [2.05, 4.69) is 20.8 Å². The van der Waals surface area contributed by atoms with Crippen LogP contribution in [0.3, 0.4) is 0 Å². The molecule has 0 atom stereocenters. The first-order valence-corrected chi connectivity index (χ1v) is 5.71. The van der Waals surface area contributed by atoms with Gasteiger partial charge in [-0.25, -0.2) is 4.79 Å². The Morgan fingerprint density at radius 1 is 1.33 bits per heavy atom. The second kappa shape index (κ2) is 6.70. The Bertz CT molecular complexity index is 185. The lowest BCUT2D eigenvalue weighted by molar-refractivity contribution is 0.0114. The minimum Gasteiger partial charge on any atom is -0.434 e. The van der Waals surface area contributed by atoms with E-state index >= 15 is 0 Å². The number of carbonyl (C=O) groups excluding carboxylic acids is 1. The van der Waals surface area contributed by atoms with E-state index in [1.54, 1.807) is 0 Å². The van der Waals surface area contributed by atoms with Crippen molar-refractivity contribution in [1.82, 2.24) is 0 Å². The largest absolute Gasteiger partial charge is 0.508 e. The van der Waals surface area contributed by atoms with E-state index in [1.165, 1.54) is 6.42 Å². The number of hydrogen-bond donors (Lipinski definition) is 0. The standard InChI is InChI=1S/C12H24O3/c1-6-7-8-12(4,5)9-14-11(13)15-10(2)3/h10H,6-9H2,1-5H3. The van der Waals surface area contributed by atoms with Gasteiger partial charge in [0.25, 0.3) is 0 Å². The van der Waals surface area contributed by atoms with Gasteiger partial charge in [-0.3, -0.25) is 0 Å². The highest BCUT2D eigenvalue weighted by Crippen LogP contribution is 2.23. The molecule has 0 saturated carbocycles. The van der Waals surface area contributed by atoms with E-state index in [0.29, 0.717) is 6.61 Å². The van der Waals surface area contributed by atoms with Gasteiger partial charge in [0.05, 0.1) is 6.10 Å². The average Bonchev–Trinajstić information content (AvgIpc) is 2.11. The quantitative estimate of drug-likeness (QED) is 0.634. The molecule has 15 heavy (non-hydrogen) atoms. The summed E-state index contributed by atoms with van der Waals surface area (Å²) < 4.78 is 9.94. The predicted octanol–water partition coefficient (Wildman–Crippen LogP) is 3.76. The van der Waals surface area contributed by atoms with Crippen molar-refractivity contribution in [2.45, 2.75) is 60.0 Å². The molecule has 0 heterocycles. The van der Waals surface area contributed by atoms with Crippen LogP contribution in [0.1, 0.15) is 53.9 Å². The molecular formula is C12H24O3. The maximum Gasteiger partial charge on any atom is 0.508 e. The number of ether oxygens (including phenoxy) is 2. The van der Waals surface area contributed by atoms with Crippen molar-refractivity contribution in [3.05, 3.63) is 0 Å². The lowest BCUT2D eigenvalue weighted by atomic mass is 9.88. The van der Waals surface area contributed by atoms with Gasteiger partial charge in [-0.1, -0.05) is 33.6 Å². The molecule has 0 aliphatic rings. The lowest BCUT2D eigenvalue weighted by Gasteiger charge is -2.23. The fraction of sp³-hybridized carbons (Fsp3) is 0.917. The van der Waals surface area contributed by atoms with Crippen molar-refractivity contribution in [1.29, 1.82) is 0 Å². The molecule has 0 bridgehead atoms. The van der Waals surface area contributed by atoms with Gasteiger partial charge in [-0.15, -0.1) is 0 Å². The Morgan fingerprint density at radius 2 is 1.93 bits per heavy atom. The molecule has 0 aromatic rings. The third-order valence-corrected chi connectivity index (χ3v) is 2.12. The Kier molecular flexibility index (Phi) is 6.37. The molecule has 0 unspecified atom stereocenters. The van der Waals surface area contributed by atoms with Crippen LogP contribution in [0.15, 0.2) is 0 Å². The van der Waals surface area contributed by atoms with Crippen LogP contribution in [-0.2, 0) is 9.47 Å². The lowest BCUT2D eigenvalue weighted by Crippen LogP contribution is -2.23. The summed E-state index contributed by atoms with van der Waals surface area (Å²) in [4.78, 5) is 11.1. The average molecular weight is 216 g/mol. The van der Waals surface area contributed by atoms with E-state index in [0.717, 1.165) is 12.8 Å². The summed E-state index contributed by atoms with van der Waals surface area (Å²) in [5.74, 6) is 0. The van der Waals surface area contributed by atoms with Gasteiger partial charge < -0.3 is 9.47 Å². The minimum absolute atomic E-state index is 0.0476. The monoisotopic (exact) mass is 216 g/mol. The van der Waals surface area contributed by atoms with E-state index in [1.807, 2.05) is 13.8 Å². The third kappa shape index (κ3) is 8.28. The molecule has 0 amide bonds. The van der Waals surface area contributed by atoms with Crippen LogP contribution >= 0.6 is 0 Å². The summed E-state index contributed by atoms with van der Waals surface area (Å²) in [6.07, 6.45) is 2.72. The third-order valence-electron chi connectivity index (χ3n) is 2.12. The SMILES string of the molecule is CCCCC(C)(C)COC(=O)OC(C)C. The molecule has 0 aliphatic heterocycles. The van der Waals surface area contributed by atoms with Gasteiger partial charge in [0.15, 0.2) is 0 Å². The maximum atomic E-state index is 11.1. The smallest absolute Gasteiger partial charge is 0.434 e. The second-order valence-electron chi connectivity index (χ2n) is 4.97. The van der Waals surface area contributed by atoms with Gasteiger partial charge in [-0.05, 0) is 25.7 Å². The van der Waals surface area contributed by atoms with Gasteiger partial charge in [0.2, 0.25) is 0 Å². The summed E-state index contributed by atoms with van der Waals surface area (Å²) in [7, 11) is 0. The van der Waals surface area contributed by atoms with Gasteiger partial charge in [0.1, 0.15) is 6.61 Å². The van der Waals surface area contributed by atoms with Crippen molar-refractivity contribution >= 4 is 6.16 Å². The number of carbonyl (C=O) groups is 1. The Hall–Kier alpha value is -0.730. The Morgan fingerprint density at radius 3 is 2.40 bits per heavy atom. The van der Waals surface area contributed by atoms with Crippen LogP contribution in [0.2, 0.25) is 0 Å². The number of rotatable bonds is 6. The molecule has 0 aromatic heterocycles. The molecule has 0 saturated heterocycles. The zero-order valence-electron chi connectivity index (χ0n) is 10.6. The molecule has 0 fully saturated rings. The van der Waals surface area contributed by atoms with E-state index in [4.69, 9.17) is 9.47 Å². The number of unbranched alkanes of at least 4 members (excludes halogenated alkanes) is 1. The summed E-state index contributed by atoms with van der Waals surface area (Å²) in [6, 6.07) is 0. The zero-order valence-corrected chi connectivity index (χ0v) is 10.6. The molecule has 0 aromatic carbocycles. The van der Waals surface area contributed by atoms with Crippen LogP contribution in [0.25, 0.3) is 0 Å².